The van der Waals surface area contributed by atoms with Crippen molar-refractivity contribution >= 4 is 29.0 Å². The number of hydrazine groups is 1. The van der Waals surface area contributed by atoms with Crippen LogP contribution in [0.25, 0.3) is 0 Å². The molecule has 2 amide bonds. The number of halogens is 1. The minimum absolute atomic E-state index is 0.0282. The van der Waals surface area contributed by atoms with Gasteiger partial charge in [-0.05, 0) is 35.2 Å². The third-order valence-electron chi connectivity index (χ3n) is 6.37. The fraction of sp³-hybridized carbons (Fsp3) is 0.259. The first kappa shape index (κ1) is 27.3. The predicted octanol–water partition coefficient (Wildman–Crippen LogP) is 1.65. The SMILES string of the molecule is CN1C(=O)CCOc2cc(F)c(N3CCc4ccncc4C3)cc21.NC(=O)/C(N)=N/N(N)Cc1ccccc1. The number of rotatable bonds is 4. The number of fused-ring (bicyclic) bond motifs is 2. The van der Waals surface area contributed by atoms with Gasteiger partial charge in [-0.2, -0.15) is 0 Å². The summed E-state index contributed by atoms with van der Waals surface area (Å²) in [6.45, 7) is 1.97. The molecule has 2 aliphatic rings. The van der Waals surface area contributed by atoms with Gasteiger partial charge in [-0.1, -0.05) is 30.3 Å². The lowest BCUT2D eigenvalue weighted by Gasteiger charge is -2.31. The van der Waals surface area contributed by atoms with Crippen LogP contribution in [0, 0.1) is 5.82 Å². The van der Waals surface area contributed by atoms with Crippen molar-refractivity contribution in [2.45, 2.75) is 25.9 Å². The molecule has 3 aromatic rings. The van der Waals surface area contributed by atoms with Gasteiger partial charge in [0, 0.05) is 38.6 Å². The molecule has 0 bridgehead atoms. The van der Waals surface area contributed by atoms with Gasteiger partial charge in [0.2, 0.25) is 11.7 Å². The Morgan fingerprint density at radius 3 is 2.64 bits per heavy atom. The van der Waals surface area contributed by atoms with E-state index < -0.39 is 5.91 Å². The van der Waals surface area contributed by atoms with Gasteiger partial charge in [0.15, 0.2) is 0 Å². The van der Waals surface area contributed by atoms with Crippen LogP contribution < -0.4 is 31.8 Å². The summed E-state index contributed by atoms with van der Waals surface area (Å²) < 4.78 is 20.2. The second-order valence-electron chi connectivity index (χ2n) is 9.07. The number of ether oxygens (including phenoxy) is 1. The van der Waals surface area contributed by atoms with E-state index in [9.17, 15) is 14.0 Å². The number of nitrogens with zero attached hydrogens (tertiary/aromatic N) is 5. The van der Waals surface area contributed by atoms with Gasteiger partial charge >= 0.3 is 0 Å². The highest BCUT2D eigenvalue weighted by Gasteiger charge is 2.25. The van der Waals surface area contributed by atoms with Crippen LogP contribution in [0.15, 0.2) is 66.0 Å². The van der Waals surface area contributed by atoms with Gasteiger partial charge in [0.1, 0.15) is 11.6 Å². The lowest BCUT2D eigenvalue weighted by Crippen LogP contribution is -2.36. The zero-order valence-electron chi connectivity index (χ0n) is 21.6. The standard InChI is InChI=1S/C18H18FN3O2.C9H13N5O/c1-21-16-9-15(14(19)8-17(16)24-7-4-18(21)23)22-6-3-12-2-5-20-10-13(12)11-22;10-8(9(11)15)13-14(12)6-7-4-2-1-3-5-7/h2,5,8-10H,3-4,6-7,11H2,1H3;1-5H,6,12H2,(H2,10,13)(H2,11,15). The van der Waals surface area contributed by atoms with Crippen molar-refractivity contribution in [3.8, 4) is 5.75 Å². The van der Waals surface area contributed by atoms with Crippen LogP contribution in [0.4, 0.5) is 15.8 Å². The Labute approximate surface area is 225 Å². The average Bonchev–Trinajstić information content (AvgIpc) is 3.06. The summed E-state index contributed by atoms with van der Waals surface area (Å²) in [6, 6.07) is 14.5. The first-order valence-corrected chi connectivity index (χ1v) is 12.3. The van der Waals surface area contributed by atoms with Crippen molar-refractivity contribution in [2.75, 3.05) is 30.0 Å². The van der Waals surface area contributed by atoms with Crippen LogP contribution >= 0.6 is 0 Å². The Kier molecular flexibility index (Phi) is 8.56. The largest absolute Gasteiger partial charge is 0.491 e. The number of pyridine rings is 1. The molecule has 0 radical (unpaired) electrons. The maximum absolute atomic E-state index is 14.7. The van der Waals surface area contributed by atoms with Crippen molar-refractivity contribution in [1.29, 1.82) is 0 Å². The van der Waals surface area contributed by atoms with Crippen LogP contribution in [0.1, 0.15) is 23.1 Å². The molecular weight excluding hydrogens is 503 g/mol. The van der Waals surface area contributed by atoms with Crippen molar-refractivity contribution < 1.29 is 18.7 Å². The second-order valence-corrected chi connectivity index (χ2v) is 9.07. The molecule has 5 rings (SSSR count). The number of amidine groups is 1. The van der Waals surface area contributed by atoms with E-state index in [0.29, 0.717) is 36.6 Å². The summed E-state index contributed by atoms with van der Waals surface area (Å²) in [6.07, 6.45) is 4.77. The molecule has 2 aliphatic heterocycles. The normalized spacial score (nSPS) is 14.7. The summed E-state index contributed by atoms with van der Waals surface area (Å²) in [5.41, 5.74) is 14.6. The predicted molar refractivity (Wildman–Crippen MR) is 146 cm³/mol. The number of benzene rings is 2. The highest BCUT2D eigenvalue weighted by Crippen LogP contribution is 2.38. The average molecular weight is 535 g/mol. The number of carbonyl (C=O) groups excluding carboxylic acids is 2. The molecule has 0 fully saturated rings. The minimum Gasteiger partial charge on any atom is -0.491 e. The maximum atomic E-state index is 14.7. The Morgan fingerprint density at radius 2 is 1.90 bits per heavy atom. The van der Waals surface area contributed by atoms with E-state index in [2.05, 4.69) is 10.1 Å². The van der Waals surface area contributed by atoms with Gasteiger partial charge in [-0.15, -0.1) is 5.10 Å². The summed E-state index contributed by atoms with van der Waals surface area (Å²) in [7, 11) is 1.70. The van der Waals surface area contributed by atoms with E-state index >= 15 is 0 Å². The number of nitrogens with two attached hydrogens (primary N) is 3. The monoisotopic (exact) mass is 534 g/mol. The molecule has 2 aromatic carbocycles. The molecule has 3 heterocycles. The third-order valence-corrected chi connectivity index (χ3v) is 6.37. The molecule has 6 N–H and O–H groups in total. The van der Waals surface area contributed by atoms with Crippen molar-refractivity contribution in [3.05, 3.63) is 83.4 Å². The summed E-state index contributed by atoms with van der Waals surface area (Å²) in [5.74, 6) is 4.46. The summed E-state index contributed by atoms with van der Waals surface area (Å²) in [5, 5.41) is 4.67. The number of hydrogen-bond acceptors (Lipinski definition) is 8. The maximum Gasteiger partial charge on any atom is 0.285 e. The van der Waals surface area contributed by atoms with Crippen LogP contribution in [-0.4, -0.2) is 48.0 Å². The Balaban J connectivity index is 0.000000204. The Morgan fingerprint density at radius 1 is 1.13 bits per heavy atom. The zero-order valence-corrected chi connectivity index (χ0v) is 21.6. The number of hydrogen-bond donors (Lipinski definition) is 3. The number of hydrazone groups is 1. The smallest absolute Gasteiger partial charge is 0.285 e. The zero-order chi connectivity index (χ0) is 27.9. The first-order valence-electron chi connectivity index (χ1n) is 12.3. The lowest BCUT2D eigenvalue weighted by molar-refractivity contribution is -0.118. The second kappa shape index (κ2) is 12.2. The highest BCUT2D eigenvalue weighted by atomic mass is 19.1. The van der Waals surface area contributed by atoms with Crippen molar-refractivity contribution in [1.82, 2.24) is 10.1 Å². The minimum atomic E-state index is -0.793. The van der Waals surface area contributed by atoms with Gasteiger partial charge in [-0.25, -0.2) is 15.4 Å². The van der Waals surface area contributed by atoms with Gasteiger partial charge in [-0.3, -0.25) is 14.6 Å². The van der Waals surface area contributed by atoms with E-state index in [0.717, 1.165) is 29.2 Å². The van der Waals surface area contributed by atoms with Gasteiger partial charge in [0.25, 0.3) is 5.91 Å². The quantitative estimate of drug-likeness (QED) is 0.197. The van der Waals surface area contributed by atoms with Crippen molar-refractivity contribution in [2.24, 2.45) is 22.4 Å². The fourth-order valence-electron chi connectivity index (χ4n) is 4.28. The molecule has 0 saturated carbocycles. The van der Waals surface area contributed by atoms with Gasteiger partial charge in [0.05, 0.1) is 30.9 Å². The molecule has 204 valence electrons. The molecule has 0 unspecified atom stereocenters. The number of carbonyl (C=O) groups is 2. The van der Waals surface area contributed by atoms with E-state index in [4.69, 9.17) is 22.0 Å². The van der Waals surface area contributed by atoms with Crippen molar-refractivity contribution in [3.63, 3.8) is 0 Å². The third kappa shape index (κ3) is 6.79. The number of aromatic nitrogens is 1. The fourth-order valence-corrected chi connectivity index (χ4v) is 4.28. The van der Waals surface area contributed by atoms with E-state index in [1.54, 1.807) is 24.2 Å². The van der Waals surface area contributed by atoms with Crippen LogP contribution in [-0.2, 0) is 29.1 Å². The van der Waals surface area contributed by atoms with Crippen LogP contribution in [0.2, 0.25) is 0 Å². The topological polar surface area (TPSA) is 156 Å². The number of primary amides is 1. The van der Waals surface area contributed by atoms with E-state index in [1.165, 1.54) is 11.6 Å². The summed E-state index contributed by atoms with van der Waals surface area (Å²) in [4.78, 5) is 30.3. The van der Waals surface area contributed by atoms with Gasteiger partial charge < -0.3 is 26.0 Å². The Bertz CT molecular complexity index is 1370. The van der Waals surface area contributed by atoms with E-state index in [1.807, 2.05) is 47.5 Å². The molecule has 12 heteroatoms. The van der Waals surface area contributed by atoms with Crippen LogP contribution in [0.3, 0.4) is 0 Å². The molecule has 0 saturated heterocycles. The molecule has 1 aromatic heterocycles. The number of amides is 2. The molecule has 0 spiro atoms. The Hall–Kier alpha value is -4.71. The molecule has 39 heavy (non-hydrogen) atoms. The first-order chi connectivity index (χ1) is 18.7. The molecular formula is C27H31FN8O3. The molecule has 0 aliphatic carbocycles. The molecule has 11 nitrogen and oxygen atoms in total. The van der Waals surface area contributed by atoms with E-state index in [-0.39, 0.29) is 24.2 Å². The molecule has 0 atom stereocenters. The number of anilines is 2. The highest BCUT2D eigenvalue weighted by molar-refractivity contribution is 6.36. The van der Waals surface area contributed by atoms with Crippen LogP contribution in [0.5, 0.6) is 5.75 Å². The summed E-state index contributed by atoms with van der Waals surface area (Å²) >= 11 is 0. The lowest BCUT2D eigenvalue weighted by atomic mass is 10.0.